The molecule has 1 aromatic carbocycles. The fourth-order valence-corrected chi connectivity index (χ4v) is 1.38. The molecule has 0 radical (unpaired) electrons. The predicted molar refractivity (Wildman–Crippen MR) is 62.3 cm³/mol. The molecule has 0 aliphatic heterocycles. The predicted octanol–water partition coefficient (Wildman–Crippen LogP) is 1.26. The molecular formula is C11H12N4O2. The van der Waals surface area contributed by atoms with Gasteiger partial charge in [0.25, 0.3) is 0 Å². The third kappa shape index (κ3) is 2.41. The van der Waals surface area contributed by atoms with Crippen LogP contribution >= 0.6 is 0 Å². The molecule has 0 saturated heterocycles. The second-order valence-electron chi connectivity index (χ2n) is 3.41. The number of rotatable bonds is 3. The molecule has 0 aliphatic rings. The minimum absolute atomic E-state index is 0.105. The summed E-state index contributed by atoms with van der Waals surface area (Å²) < 4.78 is 6.54. The summed E-state index contributed by atoms with van der Waals surface area (Å²) >= 11 is 0. The Kier molecular flexibility index (Phi) is 3.04. The summed E-state index contributed by atoms with van der Waals surface area (Å²) in [6.07, 6.45) is 3.00. The van der Waals surface area contributed by atoms with Gasteiger partial charge in [-0.05, 0) is 25.1 Å². The van der Waals surface area contributed by atoms with Gasteiger partial charge in [0.15, 0.2) is 11.5 Å². The van der Waals surface area contributed by atoms with Crippen LogP contribution in [0.25, 0.3) is 0 Å². The van der Waals surface area contributed by atoms with E-state index in [-0.39, 0.29) is 5.75 Å². The van der Waals surface area contributed by atoms with Gasteiger partial charge in [0.05, 0.1) is 12.8 Å². The van der Waals surface area contributed by atoms with E-state index < -0.39 is 0 Å². The van der Waals surface area contributed by atoms with Crippen molar-refractivity contribution in [1.82, 2.24) is 14.9 Å². The third-order valence-corrected chi connectivity index (χ3v) is 2.27. The highest BCUT2D eigenvalue weighted by molar-refractivity contribution is 5.99. The van der Waals surface area contributed by atoms with E-state index in [1.165, 1.54) is 24.4 Å². The minimum atomic E-state index is 0.105. The van der Waals surface area contributed by atoms with Crippen molar-refractivity contribution in [3.05, 3.63) is 36.4 Å². The van der Waals surface area contributed by atoms with Crippen molar-refractivity contribution < 1.29 is 9.84 Å². The molecule has 0 spiro atoms. The van der Waals surface area contributed by atoms with Crippen molar-refractivity contribution in [2.45, 2.75) is 6.92 Å². The zero-order valence-corrected chi connectivity index (χ0v) is 9.53. The average molecular weight is 232 g/mol. The number of phenols is 1. The van der Waals surface area contributed by atoms with Crippen LogP contribution in [0.3, 0.4) is 0 Å². The van der Waals surface area contributed by atoms with Crippen LogP contribution in [-0.4, -0.2) is 32.8 Å². The Morgan fingerprint density at radius 2 is 2.06 bits per heavy atom. The number of benzene rings is 1. The van der Waals surface area contributed by atoms with Gasteiger partial charge in [-0.15, -0.1) is 10.2 Å². The van der Waals surface area contributed by atoms with Crippen LogP contribution in [0, 0.1) is 0 Å². The first-order valence-electron chi connectivity index (χ1n) is 4.98. The van der Waals surface area contributed by atoms with Crippen LogP contribution in [0.4, 0.5) is 0 Å². The fraction of sp³-hybridized carbons (Fsp3) is 0.182. The molecular weight excluding hydrogens is 220 g/mol. The van der Waals surface area contributed by atoms with E-state index in [2.05, 4.69) is 15.3 Å². The zero-order valence-electron chi connectivity index (χ0n) is 9.53. The molecule has 88 valence electrons. The summed E-state index contributed by atoms with van der Waals surface area (Å²) in [5.74, 6) is 0.522. The van der Waals surface area contributed by atoms with Gasteiger partial charge in [0.2, 0.25) is 0 Å². The summed E-state index contributed by atoms with van der Waals surface area (Å²) in [4.78, 5) is 0. The van der Waals surface area contributed by atoms with Crippen LogP contribution in [0.1, 0.15) is 12.5 Å². The maximum atomic E-state index is 9.48. The van der Waals surface area contributed by atoms with Crippen molar-refractivity contribution in [2.24, 2.45) is 5.10 Å². The molecule has 0 aliphatic carbocycles. The molecule has 1 N–H and O–H groups in total. The molecule has 0 saturated carbocycles. The van der Waals surface area contributed by atoms with E-state index in [1.807, 2.05) is 6.92 Å². The molecule has 2 aromatic rings. The Morgan fingerprint density at radius 3 is 2.71 bits per heavy atom. The van der Waals surface area contributed by atoms with Crippen LogP contribution in [-0.2, 0) is 0 Å². The first-order valence-corrected chi connectivity index (χ1v) is 4.98. The Morgan fingerprint density at radius 1 is 1.35 bits per heavy atom. The second-order valence-corrected chi connectivity index (χ2v) is 3.41. The van der Waals surface area contributed by atoms with E-state index >= 15 is 0 Å². The molecule has 0 amide bonds. The average Bonchev–Trinajstić information content (AvgIpc) is 2.82. The van der Waals surface area contributed by atoms with Crippen LogP contribution < -0.4 is 4.74 Å². The van der Waals surface area contributed by atoms with Gasteiger partial charge < -0.3 is 9.84 Å². The minimum Gasteiger partial charge on any atom is -0.504 e. The lowest BCUT2D eigenvalue weighted by Crippen LogP contribution is -1.99. The second kappa shape index (κ2) is 4.65. The number of phenolic OH excluding ortho intramolecular Hbond substituents is 1. The number of hydrogen-bond donors (Lipinski definition) is 1. The van der Waals surface area contributed by atoms with Gasteiger partial charge in [-0.1, -0.05) is 0 Å². The molecule has 0 bridgehead atoms. The maximum absolute atomic E-state index is 9.48. The van der Waals surface area contributed by atoms with E-state index in [0.717, 1.165) is 11.3 Å². The van der Waals surface area contributed by atoms with Crippen LogP contribution in [0.2, 0.25) is 0 Å². The Balaban J connectivity index is 2.34. The van der Waals surface area contributed by atoms with E-state index in [0.29, 0.717) is 5.75 Å². The molecule has 1 heterocycles. The molecule has 0 atom stereocenters. The van der Waals surface area contributed by atoms with Gasteiger partial charge in [0, 0.05) is 5.56 Å². The number of ether oxygens (including phenoxy) is 1. The summed E-state index contributed by atoms with van der Waals surface area (Å²) in [6, 6.07) is 5.05. The summed E-state index contributed by atoms with van der Waals surface area (Å²) in [5.41, 5.74) is 1.62. The third-order valence-electron chi connectivity index (χ3n) is 2.27. The van der Waals surface area contributed by atoms with Gasteiger partial charge in [-0.25, -0.2) is 4.68 Å². The number of methoxy groups -OCH3 is 1. The summed E-state index contributed by atoms with van der Waals surface area (Å²) in [6.45, 7) is 1.85. The van der Waals surface area contributed by atoms with E-state index in [1.54, 1.807) is 18.2 Å². The Labute approximate surface area is 98.2 Å². The lowest BCUT2D eigenvalue weighted by molar-refractivity contribution is 0.373. The number of hydrogen-bond acceptors (Lipinski definition) is 5. The molecule has 1 aromatic heterocycles. The maximum Gasteiger partial charge on any atom is 0.161 e. The monoisotopic (exact) mass is 232 g/mol. The van der Waals surface area contributed by atoms with Gasteiger partial charge >= 0.3 is 0 Å². The molecule has 2 rings (SSSR count). The standard InChI is InChI=1S/C11H12N4O2/c1-8(14-15-6-12-13-7-15)9-3-4-10(16)11(5-9)17-2/h3-7,16H,1-2H3/b14-8-. The van der Waals surface area contributed by atoms with Gasteiger partial charge in [0.1, 0.15) is 12.7 Å². The van der Waals surface area contributed by atoms with Crippen molar-refractivity contribution >= 4 is 5.71 Å². The normalized spacial score (nSPS) is 11.5. The zero-order chi connectivity index (χ0) is 12.3. The number of aromatic nitrogens is 3. The van der Waals surface area contributed by atoms with Crippen molar-refractivity contribution in [3.8, 4) is 11.5 Å². The lowest BCUT2D eigenvalue weighted by Gasteiger charge is -2.06. The Bertz CT molecular complexity index is 534. The van der Waals surface area contributed by atoms with E-state index in [9.17, 15) is 5.11 Å². The van der Waals surface area contributed by atoms with Crippen molar-refractivity contribution in [1.29, 1.82) is 0 Å². The molecule has 17 heavy (non-hydrogen) atoms. The van der Waals surface area contributed by atoms with E-state index in [4.69, 9.17) is 4.74 Å². The van der Waals surface area contributed by atoms with Gasteiger partial charge in [-0.2, -0.15) is 5.10 Å². The smallest absolute Gasteiger partial charge is 0.161 e. The van der Waals surface area contributed by atoms with Crippen molar-refractivity contribution in [2.75, 3.05) is 7.11 Å². The molecule has 0 unspecified atom stereocenters. The lowest BCUT2D eigenvalue weighted by atomic mass is 10.1. The quantitative estimate of drug-likeness (QED) is 0.809. The van der Waals surface area contributed by atoms with Crippen molar-refractivity contribution in [3.63, 3.8) is 0 Å². The first-order chi connectivity index (χ1) is 8.20. The van der Waals surface area contributed by atoms with Gasteiger partial charge in [-0.3, -0.25) is 0 Å². The highest BCUT2D eigenvalue weighted by Crippen LogP contribution is 2.26. The topological polar surface area (TPSA) is 72.5 Å². The van der Waals surface area contributed by atoms with Crippen LogP contribution in [0.15, 0.2) is 36.0 Å². The number of aromatic hydroxyl groups is 1. The molecule has 6 nitrogen and oxygen atoms in total. The largest absolute Gasteiger partial charge is 0.504 e. The SMILES string of the molecule is COc1cc(/C(C)=N\n2cnnc2)ccc1O. The summed E-state index contributed by atoms with van der Waals surface area (Å²) in [5, 5.41) is 21.1. The van der Waals surface area contributed by atoms with Crippen LogP contribution in [0.5, 0.6) is 11.5 Å². The molecule has 6 heteroatoms. The number of nitrogens with zero attached hydrogens (tertiary/aromatic N) is 4. The fourth-order valence-electron chi connectivity index (χ4n) is 1.38. The molecule has 0 fully saturated rings. The summed E-state index contributed by atoms with van der Waals surface area (Å²) in [7, 11) is 1.51. The Hall–Kier alpha value is -2.37. The highest BCUT2D eigenvalue weighted by Gasteiger charge is 2.05. The highest BCUT2D eigenvalue weighted by atomic mass is 16.5. The first kappa shape index (κ1) is 11.1.